The zero-order valence-corrected chi connectivity index (χ0v) is 15.0. The average molecular weight is 362 g/mol. The maximum atomic E-state index is 12.7. The van der Waals surface area contributed by atoms with Crippen molar-refractivity contribution < 1.29 is 9.21 Å². The molecule has 1 aliphatic heterocycles. The van der Waals surface area contributed by atoms with Gasteiger partial charge in [-0.05, 0) is 48.0 Å². The first-order valence-corrected chi connectivity index (χ1v) is 9.08. The van der Waals surface area contributed by atoms with Crippen molar-refractivity contribution in [3.63, 3.8) is 0 Å². The molecule has 0 amide bonds. The molecule has 1 saturated heterocycles. The molecular formula is C21H22N4O2. The summed E-state index contributed by atoms with van der Waals surface area (Å²) in [5, 5.41) is 3.33. The minimum absolute atomic E-state index is 0.0508. The van der Waals surface area contributed by atoms with Crippen molar-refractivity contribution in [2.45, 2.75) is 6.42 Å². The van der Waals surface area contributed by atoms with E-state index in [1.807, 2.05) is 30.3 Å². The molecule has 0 atom stereocenters. The number of Topliss-reactive ketones (excluding diaryl/α,β-unsaturated/α-hetero) is 1. The van der Waals surface area contributed by atoms with Crippen molar-refractivity contribution in [2.75, 3.05) is 36.8 Å². The maximum absolute atomic E-state index is 12.7. The standard InChI is InChI=1S/C21H22N4O2/c22-18-5-3-15(21-2-1-11-27-21)12-16(18)13-20(26)19-6-4-17(14-24-19)25-9-7-23-8-10-25/h1-6,11-12,14,23H,7-10,13,22H2. The van der Waals surface area contributed by atoms with Crippen molar-refractivity contribution in [1.29, 1.82) is 0 Å². The summed E-state index contributed by atoms with van der Waals surface area (Å²) < 4.78 is 5.43. The van der Waals surface area contributed by atoms with Crippen LogP contribution in [0.5, 0.6) is 0 Å². The van der Waals surface area contributed by atoms with E-state index in [2.05, 4.69) is 15.2 Å². The first-order valence-electron chi connectivity index (χ1n) is 9.08. The molecule has 4 rings (SSSR count). The number of carbonyl (C=O) groups excluding carboxylic acids is 1. The second-order valence-corrected chi connectivity index (χ2v) is 6.63. The number of aromatic nitrogens is 1. The smallest absolute Gasteiger partial charge is 0.185 e. The summed E-state index contributed by atoms with van der Waals surface area (Å²) >= 11 is 0. The number of furan rings is 1. The zero-order chi connectivity index (χ0) is 18.6. The van der Waals surface area contributed by atoms with Gasteiger partial charge in [0.15, 0.2) is 5.78 Å². The highest BCUT2D eigenvalue weighted by atomic mass is 16.3. The summed E-state index contributed by atoms with van der Waals surface area (Å²) in [7, 11) is 0. The fourth-order valence-electron chi connectivity index (χ4n) is 3.28. The van der Waals surface area contributed by atoms with Gasteiger partial charge in [0.05, 0.1) is 18.1 Å². The summed E-state index contributed by atoms with van der Waals surface area (Å²) in [6.07, 6.45) is 3.61. The van der Waals surface area contributed by atoms with E-state index < -0.39 is 0 Å². The Labute approximate surface area is 158 Å². The van der Waals surface area contributed by atoms with Gasteiger partial charge >= 0.3 is 0 Å². The zero-order valence-electron chi connectivity index (χ0n) is 15.0. The van der Waals surface area contributed by atoms with Crippen LogP contribution >= 0.6 is 0 Å². The Morgan fingerprint density at radius 1 is 1.19 bits per heavy atom. The lowest BCUT2D eigenvalue weighted by molar-refractivity contribution is 0.0988. The third-order valence-corrected chi connectivity index (χ3v) is 4.82. The van der Waals surface area contributed by atoms with E-state index in [1.54, 1.807) is 24.6 Å². The number of pyridine rings is 1. The van der Waals surface area contributed by atoms with E-state index in [-0.39, 0.29) is 12.2 Å². The molecule has 3 aromatic rings. The first-order chi connectivity index (χ1) is 13.2. The van der Waals surface area contributed by atoms with Gasteiger partial charge in [-0.15, -0.1) is 0 Å². The normalized spacial score (nSPS) is 14.3. The monoisotopic (exact) mass is 362 g/mol. The Hall–Kier alpha value is -3.12. The van der Waals surface area contributed by atoms with E-state index >= 15 is 0 Å². The van der Waals surface area contributed by atoms with Gasteiger partial charge in [0.1, 0.15) is 11.5 Å². The van der Waals surface area contributed by atoms with Gasteiger partial charge in [-0.3, -0.25) is 9.78 Å². The number of hydrogen-bond donors (Lipinski definition) is 2. The van der Waals surface area contributed by atoms with E-state index in [0.717, 1.165) is 48.8 Å². The van der Waals surface area contributed by atoms with Gasteiger partial charge in [-0.2, -0.15) is 0 Å². The Balaban J connectivity index is 1.49. The Kier molecular flexibility index (Phi) is 4.89. The second kappa shape index (κ2) is 7.63. The summed E-state index contributed by atoms with van der Waals surface area (Å²) in [4.78, 5) is 19.3. The van der Waals surface area contributed by atoms with Crippen LogP contribution < -0.4 is 16.0 Å². The van der Waals surface area contributed by atoms with Crippen LogP contribution in [0, 0.1) is 0 Å². The van der Waals surface area contributed by atoms with E-state index in [4.69, 9.17) is 10.2 Å². The molecule has 0 radical (unpaired) electrons. The van der Waals surface area contributed by atoms with Crippen molar-refractivity contribution in [1.82, 2.24) is 10.3 Å². The topological polar surface area (TPSA) is 84.4 Å². The summed E-state index contributed by atoms with van der Waals surface area (Å²) in [5.41, 5.74) is 9.85. The highest BCUT2D eigenvalue weighted by Crippen LogP contribution is 2.25. The number of hydrogen-bond acceptors (Lipinski definition) is 6. The van der Waals surface area contributed by atoms with Crippen LogP contribution in [-0.2, 0) is 6.42 Å². The van der Waals surface area contributed by atoms with Crippen LogP contribution in [0.15, 0.2) is 59.3 Å². The van der Waals surface area contributed by atoms with Gasteiger partial charge in [-0.1, -0.05) is 0 Å². The van der Waals surface area contributed by atoms with Crippen molar-refractivity contribution in [3.8, 4) is 11.3 Å². The van der Waals surface area contributed by atoms with Gasteiger partial charge in [0.25, 0.3) is 0 Å². The molecule has 0 aliphatic carbocycles. The number of rotatable bonds is 5. The summed E-state index contributed by atoms with van der Waals surface area (Å²) in [6.45, 7) is 3.83. The third kappa shape index (κ3) is 3.85. The number of anilines is 2. The Morgan fingerprint density at radius 2 is 2.04 bits per heavy atom. The molecule has 3 N–H and O–H groups in total. The van der Waals surface area contributed by atoms with Gasteiger partial charge in [-0.25, -0.2) is 0 Å². The van der Waals surface area contributed by atoms with Gasteiger partial charge in [0.2, 0.25) is 0 Å². The molecular weight excluding hydrogens is 340 g/mol. The minimum Gasteiger partial charge on any atom is -0.464 e. The lowest BCUT2D eigenvalue weighted by atomic mass is 10.0. The number of nitrogens with zero attached hydrogens (tertiary/aromatic N) is 2. The quantitative estimate of drug-likeness (QED) is 0.536. The molecule has 6 heteroatoms. The molecule has 0 unspecified atom stereocenters. The fourth-order valence-corrected chi connectivity index (χ4v) is 3.28. The van der Waals surface area contributed by atoms with E-state index in [0.29, 0.717) is 11.4 Å². The molecule has 2 aromatic heterocycles. The van der Waals surface area contributed by atoms with Gasteiger partial charge in [0, 0.05) is 43.9 Å². The molecule has 0 bridgehead atoms. The van der Waals surface area contributed by atoms with Crippen LogP contribution in [0.3, 0.4) is 0 Å². The summed E-state index contributed by atoms with van der Waals surface area (Å²) in [6, 6.07) is 13.1. The van der Waals surface area contributed by atoms with E-state index in [9.17, 15) is 4.79 Å². The first kappa shape index (κ1) is 17.3. The number of ketones is 1. The molecule has 1 aromatic carbocycles. The Bertz CT molecular complexity index is 914. The van der Waals surface area contributed by atoms with Crippen LogP contribution in [-0.4, -0.2) is 36.9 Å². The van der Waals surface area contributed by atoms with Crippen molar-refractivity contribution in [2.24, 2.45) is 0 Å². The van der Waals surface area contributed by atoms with E-state index in [1.165, 1.54) is 0 Å². The minimum atomic E-state index is -0.0508. The van der Waals surface area contributed by atoms with Crippen molar-refractivity contribution in [3.05, 3.63) is 66.2 Å². The maximum Gasteiger partial charge on any atom is 0.185 e. The molecule has 138 valence electrons. The van der Waals surface area contributed by atoms with Crippen LogP contribution in [0.4, 0.5) is 11.4 Å². The highest BCUT2D eigenvalue weighted by molar-refractivity contribution is 5.96. The third-order valence-electron chi connectivity index (χ3n) is 4.82. The van der Waals surface area contributed by atoms with Crippen molar-refractivity contribution >= 4 is 17.2 Å². The second-order valence-electron chi connectivity index (χ2n) is 6.63. The predicted octanol–water partition coefficient (Wildman–Crippen LogP) is 2.76. The van der Waals surface area contributed by atoms with Crippen LogP contribution in [0.25, 0.3) is 11.3 Å². The highest BCUT2D eigenvalue weighted by Gasteiger charge is 2.15. The summed E-state index contributed by atoms with van der Waals surface area (Å²) in [5.74, 6) is 0.701. The molecule has 27 heavy (non-hydrogen) atoms. The molecule has 0 saturated carbocycles. The number of nitrogens with two attached hydrogens (primary N) is 1. The van der Waals surface area contributed by atoms with Crippen LogP contribution in [0.2, 0.25) is 0 Å². The SMILES string of the molecule is Nc1ccc(-c2ccco2)cc1CC(=O)c1ccc(N2CCNCC2)cn1. The van der Waals surface area contributed by atoms with Crippen LogP contribution in [0.1, 0.15) is 16.1 Å². The lowest BCUT2D eigenvalue weighted by Crippen LogP contribution is -2.43. The number of carbonyl (C=O) groups is 1. The fraction of sp³-hybridized carbons (Fsp3) is 0.238. The number of nitrogen functional groups attached to an aromatic ring is 1. The Morgan fingerprint density at radius 3 is 2.74 bits per heavy atom. The largest absolute Gasteiger partial charge is 0.464 e. The molecule has 6 nitrogen and oxygen atoms in total. The average Bonchev–Trinajstić information content (AvgIpc) is 3.25. The molecule has 1 aliphatic rings. The van der Waals surface area contributed by atoms with Gasteiger partial charge < -0.3 is 20.4 Å². The number of piperazine rings is 1. The predicted molar refractivity (Wildman–Crippen MR) is 106 cm³/mol. The molecule has 0 spiro atoms. The molecule has 3 heterocycles. The lowest BCUT2D eigenvalue weighted by Gasteiger charge is -2.29. The number of benzene rings is 1. The number of nitrogens with one attached hydrogen (secondary N) is 1. The molecule has 1 fully saturated rings.